The highest BCUT2D eigenvalue weighted by Crippen LogP contribution is 2.21. The summed E-state index contributed by atoms with van der Waals surface area (Å²) < 4.78 is 0. The summed E-state index contributed by atoms with van der Waals surface area (Å²) in [5, 5.41) is 16.5. The molecule has 1 aliphatic rings. The second-order valence-electron chi connectivity index (χ2n) is 3.79. The first-order valence-electron chi connectivity index (χ1n) is 5.25. The molecule has 1 aromatic heterocycles. The van der Waals surface area contributed by atoms with Crippen LogP contribution >= 0.6 is 0 Å². The maximum absolute atomic E-state index is 4.40. The molecule has 15 heavy (non-hydrogen) atoms. The Morgan fingerprint density at radius 3 is 3.07 bits per heavy atom. The van der Waals surface area contributed by atoms with Crippen LogP contribution in [0.5, 0.6) is 0 Å². The van der Waals surface area contributed by atoms with Crippen LogP contribution in [0.15, 0.2) is 24.3 Å². The third-order valence-corrected chi connectivity index (χ3v) is 2.80. The number of piperazine rings is 1. The highest BCUT2D eigenvalue weighted by molar-refractivity contribution is 5.81. The molecule has 1 fully saturated rings. The van der Waals surface area contributed by atoms with E-state index in [-0.39, 0.29) is 6.04 Å². The Morgan fingerprint density at radius 2 is 2.20 bits per heavy atom. The van der Waals surface area contributed by atoms with E-state index in [1.54, 1.807) is 0 Å². The summed E-state index contributed by atoms with van der Waals surface area (Å²) in [7, 11) is 0. The Balaban J connectivity index is 2.02. The average Bonchev–Trinajstić information content (AvgIpc) is 2.74. The van der Waals surface area contributed by atoms with Gasteiger partial charge in [0.15, 0.2) is 0 Å². The van der Waals surface area contributed by atoms with E-state index in [1.807, 2.05) is 18.2 Å². The summed E-state index contributed by atoms with van der Waals surface area (Å²) in [4.78, 5) is 0. The molecule has 0 saturated carbocycles. The van der Waals surface area contributed by atoms with E-state index in [4.69, 9.17) is 0 Å². The Kier molecular flexibility index (Phi) is 2.16. The van der Waals surface area contributed by atoms with Crippen LogP contribution in [0.3, 0.4) is 0 Å². The molecule has 0 aliphatic carbocycles. The minimum atomic E-state index is 0.273. The molecule has 0 amide bonds. The zero-order valence-corrected chi connectivity index (χ0v) is 8.40. The summed E-state index contributed by atoms with van der Waals surface area (Å²) in [5.41, 5.74) is 2.19. The van der Waals surface area contributed by atoms with Gasteiger partial charge in [-0.25, -0.2) is 5.32 Å². The molecule has 0 spiro atoms. The van der Waals surface area contributed by atoms with Gasteiger partial charge in [-0.15, -0.1) is 0 Å². The van der Waals surface area contributed by atoms with Crippen LogP contribution in [-0.2, 0) is 0 Å². The van der Waals surface area contributed by atoms with E-state index in [2.05, 4.69) is 26.9 Å². The predicted octanol–water partition coefficient (Wildman–Crippen LogP) is 0.812. The van der Waals surface area contributed by atoms with Crippen LogP contribution in [0, 0.1) is 0 Å². The average molecular weight is 201 g/mol. The smallest absolute Gasteiger partial charge is 0.0883 e. The standard InChI is InChI=1S/C11H13N4/c1-2-4-9-8(3-1)11(15-14-9)10-7-12-5-6-13-10/h1-4,10,13H,5-7H2,(H,14,15). The van der Waals surface area contributed by atoms with Gasteiger partial charge in [-0.2, -0.15) is 5.10 Å². The van der Waals surface area contributed by atoms with E-state index < -0.39 is 0 Å². The van der Waals surface area contributed by atoms with E-state index in [0.29, 0.717) is 0 Å². The second kappa shape index (κ2) is 3.64. The Bertz CT molecular complexity index is 456. The van der Waals surface area contributed by atoms with Crippen molar-refractivity contribution in [1.82, 2.24) is 20.8 Å². The zero-order valence-electron chi connectivity index (χ0n) is 8.40. The van der Waals surface area contributed by atoms with Crippen molar-refractivity contribution in [2.45, 2.75) is 6.04 Å². The molecule has 1 aliphatic heterocycles. The molecular formula is C11H13N4. The molecule has 2 N–H and O–H groups in total. The van der Waals surface area contributed by atoms with E-state index in [9.17, 15) is 0 Å². The van der Waals surface area contributed by atoms with Crippen molar-refractivity contribution in [2.24, 2.45) is 0 Å². The van der Waals surface area contributed by atoms with Gasteiger partial charge in [-0.3, -0.25) is 5.10 Å². The lowest BCUT2D eigenvalue weighted by Crippen LogP contribution is -2.39. The maximum atomic E-state index is 4.40. The van der Waals surface area contributed by atoms with Gasteiger partial charge in [0.2, 0.25) is 0 Å². The first kappa shape index (κ1) is 8.88. The number of H-pyrrole nitrogens is 1. The molecule has 0 bridgehead atoms. The normalized spacial score (nSPS) is 22.0. The third kappa shape index (κ3) is 1.52. The summed E-state index contributed by atoms with van der Waals surface area (Å²) in [6.45, 7) is 2.69. The number of hydrogen-bond acceptors (Lipinski definition) is 2. The lowest BCUT2D eigenvalue weighted by Gasteiger charge is -2.21. The number of aromatic amines is 1. The number of aromatic nitrogens is 2. The van der Waals surface area contributed by atoms with Crippen molar-refractivity contribution in [3.05, 3.63) is 30.0 Å². The minimum Gasteiger partial charge on any atom is -0.306 e. The lowest BCUT2D eigenvalue weighted by molar-refractivity contribution is 0.418. The number of fused-ring (bicyclic) bond motifs is 1. The molecule has 3 rings (SSSR count). The van der Waals surface area contributed by atoms with Gasteiger partial charge in [0.1, 0.15) is 0 Å². The molecule has 1 saturated heterocycles. The molecule has 77 valence electrons. The molecule has 2 heterocycles. The van der Waals surface area contributed by atoms with Crippen molar-refractivity contribution in [1.29, 1.82) is 0 Å². The van der Waals surface area contributed by atoms with Crippen LogP contribution in [0.4, 0.5) is 0 Å². The molecule has 4 nitrogen and oxygen atoms in total. The molecular weight excluding hydrogens is 188 g/mol. The fraction of sp³-hybridized carbons (Fsp3) is 0.364. The van der Waals surface area contributed by atoms with Crippen molar-refractivity contribution in [3.63, 3.8) is 0 Å². The first-order valence-corrected chi connectivity index (χ1v) is 5.25. The molecule has 2 aromatic rings. The van der Waals surface area contributed by atoms with Crippen molar-refractivity contribution >= 4 is 10.9 Å². The van der Waals surface area contributed by atoms with Gasteiger partial charge in [-0.1, -0.05) is 18.2 Å². The molecule has 1 unspecified atom stereocenters. The summed E-state index contributed by atoms with van der Waals surface area (Å²) >= 11 is 0. The summed E-state index contributed by atoms with van der Waals surface area (Å²) in [6.07, 6.45) is 0. The molecule has 4 heteroatoms. The van der Waals surface area contributed by atoms with Crippen LogP contribution in [0.25, 0.3) is 10.9 Å². The molecule has 1 aromatic carbocycles. The van der Waals surface area contributed by atoms with Gasteiger partial charge < -0.3 is 5.32 Å². The largest absolute Gasteiger partial charge is 0.306 e. The van der Waals surface area contributed by atoms with Crippen molar-refractivity contribution < 1.29 is 0 Å². The SMILES string of the molecule is c1ccc2c(C3C[N]CCN3)n[nH]c2c1. The topological polar surface area (TPSA) is 54.8 Å². The van der Waals surface area contributed by atoms with Crippen molar-refractivity contribution in [2.75, 3.05) is 19.6 Å². The zero-order chi connectivity index (χ0) is 10.1. The monoisotopic (exact) mass is 201 g/mol. The number of para-hydroxylation sites is 1. The maximum Gasteiger partial charge on any atom is 0.0883 e. The van der Waals surface area contributed by atoms with Gasteiger partial charge in [0, 0.05) is 25.0 Å². The number of hydrogen-bond donors (Lipinski definition) is 2. The predicted molar refractivity (Wildman–Crippen MR) is 58.7 cm³/mol. The lowest BCUT2D eigenvalue weighted by atomic mass is 10.1. The van der Waals surface area contributed by atoms with Crippen LogP contribution in [-0.4, -0.2) is 29.8 Å². The fourth-order valence-corrected chi connectivity index (χ4v) is 2.04. The Labute approximate surface area is 88.1 Å². The van der Waals surface area contributed by atoms with Gasteiger partial charge in [0.05, 0.1) is 17.3 Å². The van der Waals surface area contributed by atoms with Crippen LogP contribution < -0.4 is 10.6 Å². The second-order valence-corrected chi connectivity index (χ2v) is 3.79. The number of nitrogens with zero attached hydrogens (tertiary/aromatic N) is 2. The fourth-order valence-electron chi connectivity index (χ4n) is 2.04. The third-order valence-electron chi connectivity index (χ3n) is 2.80. The van der Waals surface area contributed by atoms with Gasteiger partial charge in [-0.05, 0) is 6.07 Å². The van der Waals surface area contributed by atoms with Gasteiger partial charge in [0.25, 0.3) is 0 Å². The summed E-state index contributed by atoms with van der Waals surface area (Å²) in [6, 6.07) is 8.48. The highest BCUT2D eigenvalue weighted by atomic mass is 15.2. The van der Waals surface area contributed by atoms with E-state index in [0.717, 1.165) is 30.8 Å². The van der Waals surface area contributed by atoms with Crippen molar-refractivity contribution in [3.8, 4) is 0 Å². The van der Waals surface area contributed by atoms with E-state index >= 15 is 0 Å². The molecule has 1 atom stereocenters. The quantitative estimate of drug-likeness (QED) is 0.717. The highest BCUT2D eigenvalue weighted by Gasteiger charge is 2.19. The number of rotatable bonds is 1. The summed E-state index contributed by atoms with van der Waals surface area (Å²) in [5.74, 6) is 0. The van der Waals surface area contributed by atoms with Crippen LogP contribution in [0.2, 0.25) is 0 Å². The molecule has 1 radical (unpaired) electrons. The first-order chi connectivity index (χ1) is 7.45. The minimum absolute atomic E-state index is 0.273. The van der Waals surface area contributed by atoms with Crippen LogP contribution in [0.1, 0.15) is 11.7 Å². The Morgan fingerprint density at radius 1 is 1.27 bits per heavy atom. The van der Waals surface area contributed by atoms with E-state index in [1.165, 1.54) is 5.39 Å². The number of benzene rings is 1. The number of nitrogens with one attached hydrogen (secondary N) is 2. The Hall–Kier alpha value is -1.39. The van der Waals surface area contributed by atoms with Gasteiger partial charge >= 0.3 is 0 Å².